The van der Waals surface area contributed by atoms with Crippen molar-refractivity contribution in [3.63, 3.8) is 0 Å². The van der Waals surface area contributed by atoms with Crippen LogP contribution in [0.2, 0.25) is 0 Å². The number of likely N-dealkylation sites (tertiary alicyclic amines) is 1. The molecular weight excluding hydrogens is 228 g/mol. The Labute approximate surface area is 110 Å². The summed E-state index contributed by atoms with van der Waals surface area (Å²) < 4.78 is 5.97. The molecule has 4 nitrogen and oxygen atoms in total. The number of carbonyl (C=O) groups is 1. The van der Waals surface area contributed by atoms with Crippen LogP contribution in [0.15, 0.2) is 0 Å². The Morgan fingerprint density at radius 3 is 2.44 bits per heavy atom. The lowest BCUT2D eigenvalue weighted by atomic mass is 9.87. The molecule has 2 fully saturated rings. The second-order valence-electron chi connectivity index (χ2n) is 7.00. The van der Waals surface area contributed by atoms with E-state index in [4.69, 9.17) is 4.74 Å². The van der Waals surface area contributed by atoms with E-state index in [9.17, 15) is 4.79 Å². The van der Waals surface area contributed by atoms with Gasteiger partial charge in [-0.3, -0.25) is 9.69 Å². The Morgan fingerprint density at radius 1 is 1.33 bits per heavy atom. The molecule has 2 saturated heterocycles. The summed E-state index contributed by atoms with van der Waals surface area (Å²) in [4.78, 5) is 16.2. The number of ether oxygens (including phenoxy) is 1. The van der Waals surface area contributed by atoms with Gasteiger partial charge in [0.25, 0.3) is 5.91 Å². The average molecular weight is 254 g/mol. The van der Waals surface area contributed by atoms with E-state index in [1.54, 1.807) is 0 Å². The van der Waals surface area contributed by atoms with Crippen LogP contribution >= 0.6 is 0 Å². The van der Waals surface area contributed by atoms with Gasteiger partial charge in [0.2, 0.25) is 0 Å². The van der Waals surface area contributed by atoms with Gasteiger partial charge >= 0.3 is 0 Å². The third kappa shape index (κ3) is 2.69. The zero-order valence-electron chi connectivity index (χ0n) is 12.3. The van der Waals surface area contributed by atoms with Gasteiger partial charge in [-0.1, -0.05) is 20.8 Å². The van der Waals surface area contributed by atoms with Gasteiger partial charge in [0.05, 0.1) is 6.54 Å². The van der Waals surface area contributed by atoms with Crippen molar-refractivity contribution < 1.29 is 9.53 Å². The highest BCUT2D eigenvalue weighted by atomic mass is 16.5. The maximum absolute atomic E-state index is 11.9. The van der Waals surface area contributed by atoms with Crippen molar-refractivity contribution in [1.29, 1.82) is 0 Å². The SMILES string of the molecule is CCN1CC2(CN(CC(C)(C)C)C2)OC(C)C1=O. The third-order valence-electron chi connectivity index (χ3n) is 3.67. The lowest BCUT2D eigenvalue weighted by molar-refractivity contribution is -0.216. The maximum atomic E-state index is 11.9. The highest BCUT2D eigenvalue weighted by molar-refractivity contribution is 5.81. The summed E-state index contributed by atoms with van der Waals surface area (Å²) in [6, 6.07) is 0. The predicted octanol–water partition coefficient (Wildman–Crippen LogP) is 1.35. The molecule has 0 bridgehead atoms. The van der Waals surface area contributed by atoms with Crippen LogP contribution in [0.3, 0.4) is 0 Å². The summed E-state index contributed by atoms with van der Waals surface area (Å²) in [6.07, 6.45) is -0.282. The van der Waals surface area contributed by atoms with Gasteiger partial charge < -0.3 is 9.64 Å². The van der Waals surface area contributed by atoms with Gasteiger partial charge in [-0.25, -0.2) is 0 Å². The summed E-state index contributed by atoms with van der Waals surface area (Å²) in [7, 11) is 0. The van der Waals surface area contributed by atoms with Crippen molar-refractivity contribution in [2.24, 2.45) is 5.41 Å². The fraction of sp³-hybridized carbons (Fsp3) is 0.929. The monoisotopic (exact) mass is 254 g/mol. The van der Waals surface area contributed by atoms with Gasteiger partial charge in [0, 0.05) is 26.2 Å². The Balaban J connectivity index is 1.94. The van der Waals surface area contributed by atoms with Gasteiger partial charge in [-0.15, -0.1) is 0 Å². The fourth-order valence-electron chi connectivity index (χ4n) is 3.14. The van der Waals surface area contributed by atoms with Crippen LogP contribution in [0, 0.1) is 5.41 Å². The second kappa shape index (κ2) is 4.49. The number of amides is 1. The summed E-state index contributed by atoms with van der Waals surface area (Å²) in [5.74, 6) is 0.136. The molecule has 2 aliphatic heterocycles. The Morgan fingerprint density at radius 2 is 1.94 bits per heavy atom. The lowest BCUT2D eigenvalue weighted by Crippen LogP contribution is -2.73. The minimum atomic E-state index is -0.282. The van der Waals surface area contributed by atoms with Crippen LogP contribution in [0.1, 0.15) is 34.6 Å². The van der Waals surface area contributed by atoms with E-state index in [0.29, 0.717) is 5.41 Å². The molecule has 0 aliphatic carbocycles. The van der Waals surface area contributed by atoms with Crippen molar-refractivity contribution in [2.75, 3.05) is 32.7 Å². The highest BCUT2D eigenvalue weighted by Crippen LogP contribution is 2.33. The standard InChI is InChI=1S/C14H26N2O2/c1-6-16-10-14(18-11(2)12(16)17)8-15(9-14)7-13(3,4)5/h11H,6-10H2,1-5H3. The molecule has 1 unspecified atom stereocenters. The number of hydrogen-bond acceptors (Lipinski definition) is 3. The number of hydrogen-bond donors (Lipinski definition) is 0. The van der Waals surface area contributed by atoms with Crippen molar-refractivity contribution >= 4 is 5.91 Å². The first-order valence-electron chi connectivity index (χ1n) is 6.94. The van der Waals surface area contributed by atoms with E-state index < -0.39 is 0 Å². The minimum absolute atomic E-state index is 0.103. The molecule has 0 N–H and O–H groups in total. The first-order chi connectivity index (χ1) is 8.25. The molecule has 2 heterocycles. The molecule has 104 valence electrons. The molecule has 1 amide bonds. The molecule has 2 rings (SSSR count). The quantitative estimate of drug-likeness (QED) is 0.746. The van der Waals surface area contributed by atoms with Gasteiger partial charge in [-0.05, 0) is 19.3 Å². The van der Waals surface area contributed by atoms with E-state index in [2.05, 4.69) is 25.7 Å². The molecule has 0 aromatic heterocycles. The Hall–Kier alpha value is -0.610. The van der Waals surface area contributed by atoms with Crippen LogP contribution in [0.5, 0.6) is 0 Å². The Bertz CT molecular complexity index is 329. The van der Waals surface area contributed by atoms with Gasteiger partial charge in [0.1, 0.15) is 11.7 Å². The van der Waals surface area contributed by atoms with Crippen LogP contribution in [0.25, 0.3) is 0 Å². The number of morpholine rings is 1. The molecule has 2 aliphatic rings. The van der Waals surface area contributed by atoms with E-state index in [0.717, 1.165) is 32.7 Å². The van der Waals surface area contributed by atoms with Crippen molar-refractivity contribution in [3.8, 4) is 0 Å². The van der Waals surface area contributed by atoms with Crippen molar-refractivity contribution in [2.45, 2.75) is 46.3 Å². The number of carbonyl (C=O) groups excluding carboxylic acids is 1. The van der Waals surface area contributed by atoms with E-state index in [1.807, 2.05) is 18.7 Å². The molecule has 18 heavy (non-hydrogen) atoms. The minimum Gasteiger partial charge on any atom is -0.358 e. The van der Waals surface area contributed by atoms with Crippen LogP contribution < -0.4 is 0 Å². The van der Waals surface area contributed by atoms with Crippen LogP contribution in [-0.2, 0) is 9.53 Å². The lowest BCUT2D eigenvalue weighted by Gasteiger charge is -2.56. The fourth-order valence-corrected chi connectivity index (χ4v) is 3.14. The summed E-state index contributed by atoms with van der Waals surface area (Å²) >= 11 is 0. The summed E-state index contributed by atoms with van der Waals surface area (Å²) in [6.45, 7) is 15.2. The highest BCUT2D eigenvalue weighted by Gasteiger charge is 2.51. The summed E-state index contributed by atoms with van der Waals surface area (Å²) in [5, 5.41) is 0. The van der Waals surface area contributed by atoms with Gasteiger partial charge in [0.15, 0.2) is 0 Å². The molecule has 0 saturated carbocycles. The largest absolute Gasteiger partial charge is 0.358 e. The molecule has 1 spiro atoms. The predicted molar refractivity (Wildman–Crippen MR) is 71.4 cm³/mol. The molecule has 0 aromatic carbocycles. The third-order valence-corrected chi connectivity index (χ3v) is 3.67. The number of rotatable bonds is 2. The van der Waals surface area contributed by atoms with Crippen LogP contribution in [0.4, 0.5) is 0 Å². The smallest absolute Gasteiger partial charge is 0.251 e. The second-order valence-corrected chi connectivity index (χ2v) is 7.00. The zero-order chi connectivity index (χ0) is 13.6. The molecule has 1 atom stereocenters. The Kier molecular flexibility index (Phi) is 3.45. The average Bonchev–Trinajstić information content (AvgIpc) is 2.18. The zero-order valence-corrected chi connectivity index (χ0v) is 12.3. The summed E-state index contributed by atoms with van der Waals surface area (Å²) in [5.41, 5.74) is 0.219. The van der Waals surface area contributed by atoms with Crippen LogP contribution in [-0.4, -0.2) is 60.1 Å². The maximum Gasteiger partial charge on any atom is 0.251 e. The molecular formula is C14H26N2O2. The normalized spacial score (nSPS) is 28.6. The first kappa shape index (κ1) is 13.8. The number of likely N-dealkylation sites (N-methyl/N-ethyl adjacent to an activating group) is 1. The molecule has 0 aromatic rings. The van der Waals surface area contributed by atoms with E-state index in [-0.39, 0.29) is 17.6 Å². The molecule has 4 heteroatoms. The topological polar surface area (TPSA) is 32.8 Å². The van der Waals surface area contributed by atoms with E-state index >= 15 is 0 Å². The first-order valence-corrected chi connectivity index (χ1v) is 6.94. The number of nitrogens with zero attached hydrogens (tertiary/aromatic N) is 2. The van der Waals surface area contributed by atoms with Crippen molar-refractivity contribution in [3.05, 3.63) is 0 Å². The van der Waals surface area contributed by atoms with Crippen molar-refractivity contribution in [1.82, 2.24) is 9.80 Å². The van der Waals surface area contributed by atoms with E-state index in [1.165, 1.54) is 0 Å². The van der Waals surface area contributed by atoms with Gasteiger partial charge in [-0.2, -0.15) is 0 Å². The molecule has 0 radical (unpaired) electrons.